The van der Waals surface area contributed by atoms with Gasteiger partial charge in [0, 0.05) is 31.9 Å². The quantitative estimate of drug-likeness (QED) is 0.896. The Bertz CT molecular complexity index is 681. The molecular formula is C17H19F3N4O. The lowest BCUT2D eigenvalue weighted by atomic mass is 10.1. The minimum absolute atomic E-state index is 0.198. The molecule has 1 saturated heterocycles. The van der Waals surface area contributed by atoms with E-state index in [1.165, 1.54) is 12.1 Å². The summed E-state index contributed by atoms with van der Waals surface area (Å²) in [6.45, 7) is 2.19. The second-order valence-corrected chi connectivity index (χ2v) is 5.94. The van der Waals surface area contributed by atoms with Gasteiger partial charge in [0.2, 0.25) is 0 Å². The fourth-order valence-corrected chi connectivity index (χ4v) is 2.93. The molecule has 134 valence electrons. The molecule has 0 radical (unpaired) electrons. The van der Waals surface area contributed by atoms with Crippen LogP contribution >= 0.6 is 0 Å². The molecule has 0 aliphatic carbocycles. The number of halogens is 3. The van der Waals surface area contributed by atoms with Gasteiger partial charge in [0.05, 0.1) is 0 Å². The lowest BCUT2D eigenvalue weighted by Gasteiger charge is -2.33. The molecule has 2 aromatic rings. The van der Waals surface area contributed by atoms with Crippen molar-refractivity contribution in [2.75, 3.05) is 18.0 Å². The molecular weight excluding hydrogens is 333 g/mol. The lowest BCUT2D eigenvalue weighted by Crippen LogP contribution is -2.45. The van der Waals surface area contributed by atoms with Crippen LogP contribution in [0.25, 0.3) is 0 Å². The van der Waals surface area contributed by atoms with Gasteiger partial charge in [-0.25, -0.2) is 0 Å². The fourth-order valence-electron chi connectivity index (χ4n) is 2.93. The number of aromatic nitrogens is 2. The van der Waals surface area contributed by atoms with E-state index >= 15 is 0 Å². The van der Waals surface area contributed by atoms with Crippen molar-refractivity contribution in [1.29, 1.82) is 0 Å². The molecule has 1 N–H and O–H groups in total. The molecule has 1 unspecified atom stereocenters. The van der Waals surface area contributed by atoms with Crippen LogP contribution in [0.3, 0.4) is 0 Å². The Morgan fingerprint density at radius 1 is 1.24 bits per heavy atom. The molecule has 0 amide bonds. The molecule has 0 saturated carbocycles. The van der Waals surface area contributed by atoms with Gasteiger partial charge in [-0.1, -0.05) is 12.1 Å². The van der Waals surface area contributed by atoms with Crippen LogP contribution < -0.4 is 15.0 Å². The number of ether oxygens (including phenoxy) is 1. The first-order valence-electron chi connectivity index (χ1n) is 8.10. The number of hydrogen-bond acceptors (Lipinski definition) is 5. The SMILES string of the molecule is FC(F)(F)Oc1cccc(CNC2CCCN(c3cccnn3)C2)c1. The maximum Gasteiger partial charge on any atom is 0.573 e. The van der Waals surface area contributed by atoms with Crippen molar-refractivity contribution in [3.8, 4) is 5.75 Å². The molecule has 0 spiro atoms. The van der Waals surface area contributed by atoms with Gasteiger partial charge in [-0.05, 0) is 42.7 Å². The van der Waals surface area contributed by atoms with Crippen LogP contribution in [-0.4, -0.2) is 35.7 Å². The zero-order valence-electron chi connectivity index (χ0n) is 13.5. The number of alkyl halides is 3. The topological polar surface area (TPSA) is 50.3 Å². The largest absolute Gasteiger partial charge is 0.573 e. The molecule has 1 aromatic carbocycles. The zero-order chi connectivity index (χ0) is 17.7. The zero-order valence-corrected chi connectivity index (χ0v) is 13.5. The smallest absolute Gasteiger partial charge is 0.406 e. The van der Waals surface area contributed by atoms with Crippen molar-refractivity contribution < 1.29 is 17.9 Å². The third-order valence-corrected chi connectivity index (χ3v) is 4.03. The van der Waals surface area contributed by atoms with Crippen LogP contribution in [0.15, 0.2) is 42.6 Å². The molecule has 1 aliphatic rings. The van der Waals surface area contributed by atoms with Gasteiger partial charge in [-0.2, -0.15) is 5.10 Å². The fraction of sp³-hybridized carbons (Fsp3) is 0.412. The van der Waals surface area contributed by atoms with E-state index in [4.69, 9.17) is 0 Å². The average molecular weight is 352 g/mol. The molecule has 2 heterocycles. The van der Waals surface area contributed by atoms with E-state index in [1.807, 2.05) is 12.1 Å². The van der Waals surface area contributed by atoms with Crippen LogP contribution in [-0.2, 0) is 6.54 Å². The number of rotatable bonds is 5. The van der Waals surface area contributed by atoms with Gasteiger partial charge in [0.1, 0.15) is 5.75 Å². The summed E-state index contributed by atoms with van der Waals surface area (Å²) in [4.78, 5) is 2.16. The summed E-state index contributed by atoms with van der Waals surface area (Å²) < 4.78 is 40.9. The third-order valence-electron chi connectivity index (χ3n) is 4.03. The maximum absolute atomic E-state index is 12.3. The van der Waals surface area contributed by atoms with Crippen LogP contribution in [0.1, 0.15) is 18.4 Å². The summed E-state index contributed by atoms with van der Waals surface area (Å²) in [5, 5.41) is 11.4. The van der Waals surface area contributed by atoms with Gasteiger partial charge >= 0.3 is 6.36 Å². The summed E-state index contributed by atoms with van der Waals surface area (Å²) in [5.74, 6) is 0.645. The van der Waals surface area contributed by atoms with Crippen molar-refractivity contribution in [3.63, 3.8) is 0 Å². The monoisotopic (exact) mass is 352 g/mol. The van der Waals surface area contributed by atoms with Gasteiger partial charge in [-0.3, -0.25) is 0 Å². The molecule has 1 aliphatic heterocycles. The molecule has 25 heavy (non-hydrogen) atoms. The molecule has 1 atom stereocenters. The van der Waals surface area contributed by atoms with E-state index < -0.39 is 6.36 Å². The highest BCUT2D eigenvalue weighted by Crippen LogP contribution is 2.23. The number of piperidine rings is 1. The molecule has 8 heteroatoms. The lowest BCUT2D eigenvalue weighted by molar-refractivity contribution is -0.274. The number of benzene rings is 1. The van der Waals surface area contributed by atoms with Crippen molar-refractivity contribution in [2.24, 2.45) is 0 Å². The Hall–Kier alpha value is -2.35. The first-order chi connectivity index (χ1) is 12.0. The van der Waals surface area contributed by atoms with Gasteiger partial charge in [0.15, 0.2) is 5.82 Å². The number of nitrogens with zero attached hydrogens (tertiary/aromatic N) is 3. The van der Waals surface area contributed by atoms with Crippen molar-refractivity contribution in [3.05, 3.63) is 48.2 Å². The van der Waals surface area contributed by atoms with Crippen molar-refractivity contribution >= 4 is 5.82 Å². The Kier molecular flexibility index (Phi) is 5.37. The molecule has 3 rings (SSSR count). The highest BCUT2D eigenvalue weighted by atomic mass is 19.4. The Labute approximate surface area is 143 Å². The maximum atomic E-state index is 12.3. The van der Waals surface area contributed by atoms with E-state index in [9.17, 15) is 13.2 Å². The second kappa shape index (κ2) is 7.69. The molecule has 1 fully saturated rings. The second-order valence-electron chi connectivity index (χ2n) is 5.94. The molecule has 1 aromatic heterocycles. The van der Waals surface area contributed by atoms with Crippen LogP contribution in [0.2, 0.25) is 0 Å². The summed E-state index contributed by atoms with van der Waals surface area (Å²) in [5.41, 5.74) is 0.748. The predicted octanol–water partition coefficient (Wildman–Crippen LogP) is 3.13. The van der Waals surface area contributed by atoms with Crippen LogP contribution in [0.5, 0.6) is 5.75 Å². The number of hydrogen-bond donors (Lipinski definition) is 1. The Balaban J connectivity index is 1.55. The standard InChI is InChI=1S/C17H19F3N4O/c18-17(19,20)25-15-6-1-4-13(10-15)11-21-14-5-3-9-24(12-14)16-7-2-8-22-23-16/h1-2,4,6-8,10,14,21H,3,5,9,11-12H2. The van der Waals surface area contributed by atoms with Gasteiger partial charge in [0.25, 0.3) is 0 Å². The van der Waals surface area contributed by atoms with Gasteiger partial charge in [-0.15, -0.1) is 18.3 Å². The van der Waals surface area contributed by atoms with Gasteiger partial charge < -0.3 is 15.0 Å². The van der Waals surface area contributed by atoms with E-state index in [0.29, 0.717) is 6.54 Å². The summed E-state index contributed by atoms with van der Waals surface area (Å²) in [7, 11) is 0. The van der Waals surface area contributed by atoms with E-state index in [2.05, 4.69) is 25.2 Å². The highest BCUT2D eigenvalue weighted by molar-refractivity contribution is 5.37. The Morgan fingerprint density at radius 3 is 2.88 bits per heavy atom. The first-order valence-corrected chi connectivity index (χ1v) is 8.10. The van der Waals surface area contributed by atoms with Crippen LogP contribution in [0, 0.1) is 0 Å². The van der Waals surface area contributed by atoms with Crippen molar-refractivity contribution in [1.82, 2.24) is 15.5 Å². The normalized spacial score (nSPS) is 18.2. The third kappa shape index (κ3) is 5.32. The van der Waals surface area contributed by atoms with E-state index in [-0.39, 0.29) is 11.8 Å². The Morgan fingerprint density at radius 2 is 2.12 bits per heavy atom. The minimum Gasteiger partial charge on any atom is -0.406 e. The number of anilines is 1. The highest BCUT2D eigenvalue weighted by Gasteiger charge is 2.31. The molecule has 0 bridgehead atoms. The summed E-state index contributed by atoms with van der Waals surface area (Å²) >= 11 is 0. The predicted molar refractivity (Wildman–Crippen MR) is 87.2 cm³/mol. The summed E-state index contributed by atoms with van der Waals surface area (Å²) in [6, 6.07) is 10.1. The molecule has 5 nitrogen and oxygen atoms in total. The summed E-state index contributed by atoms with van der Waals surface area (Å²) in [6.07, 6.45) is -1.01. The average Bonchev–Trinajstić information content (AvgIpc) is 2.60. The minimum atomic E-state index is -4.67. The number of nitrogens with one attached hydrogen (secondary N) is 1. The van der Waals surface area contributed by atoms with E-state index in [1.54, 1.807) is 18.3 Å². The van der Waals surface area contributed by atoms with E-state index in [0.717, 1.165) is 37.3 Å². The van der Waals surface area contributed by atoms with Crippen molar-refractivity contribution in [2.45, 2.75) is 31.8 Å². The van der Waals surface area contributed by atoms with Crippen LogP contribution in [0.4, 0.5) is 19.0 Å². The first kappa shape index (κ1) is 17.5.